The lowest BCUT2D eigenvalue weighted by Crippen LogP contribution is -2.39. The van der Waals surface area contributed by atoms with Crippen molar-refractivity contribution in [1.82, 2.24) is 34.3 Å². The molecule has 2 aliphatic rings. The number of imidazole rings is 1. The molecule has 1 fully saturated rings. The average Bonchev–Trinajstić information content (AvgIpc) is 3.62. The maximum Gasteiger partial charge on any atom is 0.436 e. The Morgan fingerprint density at radius 1 is 1.12 bits per heavy atom. The monoisotopic (exact) mass is 616 g/mol. The number of carbonyl (C=O) groups excluding carboxylic acids is 1. The van der Waals surface area contributed by atoms with Gasteiger partial charge in [0.15, 0.2) is 11.5 Å². The Hall–Kier alpha value is -3.81. The smallest absolute Gasteiger partial charge is 0.436 e. The molecule has 0 radical (unpaired) electrons. The first kappa shape index (κ1) is 26.4. The minimum atomic E-state index is -4.58. The predicted molar refractivity (Wildman–Crippen MR) is 141 cm³/mol. The van der Waals surface area contributed by atoms with E-state index in [1.165, 1.54) is 25.1 Å². The number of alkyl halides is 3. The minimum absolute atomic E-state index is 0.107. The van der Waals surface area contributed by atoms with Crippen molar-refractivity contribution in [2.45, 2.75) is 50.9 Å². The van der Waals surface area contributed by atoms with Gasteiger partial charge in [-0.3, -0.25) is 9.69 Å². The summed E-state index contributed by atoms with van der Waals surface area (Å²) >= 11 is 2.99. The van der Waals surface area contributed by atoms with E-state index in [2.05, 4.69) is 30.9 Å². The molecule has 1 saturated carbocycles. The van der Waals surface area contributed by atoms with Crippen LogP contribution in [0.25, 0.3) is 22.8 Å². The van der Waals surface area contributed by atoms with Crippen molar-refractivity contribution < 1.29 is 22.7 Å². The lowest BCUT2D eigenvalue weighted by atomic mass is 10.0. The molecule has 0 spiro atoms. The molecule has 4 aromatic rings. The van der Waals surface area contributed by atoms with Crippen LogP contribution in [0.4, 0.5) is 19.1 Å². The summed E-state index contributed by atoms with van der Waals surface area (Å²) in [5.74, 6) is 1.55. The molecule has 1 atom stereocenters. The summed E-state index contributed by atoms with van der Waals surface area (Å²) in [6.45, 7) is 2.26. The minimum Gasteiger partial charge on any atom is -0.480 e. The van der Waals surface area contributed by atoms with Crippen LogP contribution in [0.5, 0.6) is 5.88 Å². The molecule has 3 aromatic heterocycles. The number of nitrogens with zero attached hydrogens (tertiary/aromatic N) is 8. The fraction of sp³-hybridized carbons (Fsp3) is 0.385. The molecule has 0 N–H and O–H groups in total. The van der Waals surface area contributed by atoms with Crippen molar-refractivity contribution in [3.05, 3.63) is 52.1 Å². The van der Waals surface area contributed by atoms with Crippen molar-refractivity contribution in [3.8, 4) is 28.7 Å². The highest BCUT2D eigenvalue weighted by Gasteiger charge is 2.39. The maximum atomic E-state index is 13.3. The molecule has 14 heteroatoms. The zero-order valence-electron chi connectivity index (χ0n) is 21.8. The Bertz CT molecular complexity index is 1610. The second-order valence-corrected chi connectivity index (χ2v) is 10.6. The zero-order chi connectivity index (χ0) is 28.3. The van der Waals surface area contributed by atoms with Crippen molar-refractivity contribution in [2.75, 3.05) is 12.0 Å². The highest BCUT2D eigenvalue weighted by molar-refractivity contribution is 9.10. The fourth-order valence-electron chi connectivity index (χ4n) is 4.98. The van der Waals surface area contributed by atoms with E-state index in [1.54, 1.807) is 33.8 Å². The lowest BCUT2D eigenvalue weighted by Gasteiger charge is -2.31. The number of rotatable bonds is 6. The van der Waals surface area contributed by atoms with Gasteiger partial charge in [-0.2, -0.15) is 18.2 Å². The summed E-state index contributed by atoms with van der Waals surface area (Å²) in [5.41, 5.74) is 1.78. The second-order valence-electron chi connectivity index (χ2n) is 9.82. The summed E-state index contributed by atoms with van der Waals surface area (Å²) in [6, 6.07) is 6.52. The molecule has 1 aromatic carbocycles. The van der Waals surface area contributed by atoms with Crippen LogP contribution < -0.4 is 9.64 Å². The van der Waals surface area contributed by atoms with Crippen LogP contribution in [-0.2, 0) is 24.6 Å². The van der Waals surface area contributed by atoms with Gasteiger partial charge in [-0.05, 0) is 41.3 Å². The number of methoxy groups -OCH3 is 1. The summed E-state index contributed by atoms with van der Waals surface area (Å²) in [4.78, 5) is 32.1. The highest BCUT2D eigenvalue weighted by atomic mass is 79.9. The summed E-state index contributed by atoms with van der Waals surface area (Å²) in [6.07, 6.45) is -0.822. The number of halogens is 4. The molecule has 0 bridgehead atoms. The van der Waals surface area contributed by atoms with Crippen LogP contribution in [0.15, 0.2) is 35.2 Å². The number of ether oxygens (including phenoxy) is 1. The SMILES string of the molecule is COc1ncnc(C2CC2)c1-c1nc2n(n1)CCC(=O)N2[C@@H](C)c1ccc(-c2nc(C(F)(F)F)c(Br)n2C)cc1. The number of fused-ring (bicyclic) bond motifs is 1. The molecule has 6 rings (SSSR count). The molecule has 1 aliphatic heterocycles. The van der Waals surface area contributed by atoms with E-state index in [0.29, 0.717) is 41.2 Å². The Labute approximate surface area is 235 Å². The van der Waals surface area contributed by atoms with Crippen molar-refractivity contribution in [3.63, 3.8) is 0 Å². The number of amides is 1. The number of hydrogen-bond acceptors (Lipinski definition) is 7. The number of aromatic nitrogens is 7. The standard InChI is InChI=1S/C26H24BrF3N8O2/c1-13(14-4-8-16(9-5-14)23-33-20(26(28,29)30)21(27)36(23)2)38-17(39)10-11-37-25(38)34-22(35-37)18-19(15-6-7-15)31-12-32-24(18)40-3/h4-5,8-9,12-13,15H,6-7,10-11H2,1-3H3/t13-/m0/s1. The van der Waals surface area contributed by atoms with E-state index >= 15 is 0 Å². The number of carbonyl (C=O) groups is 1. The van der Waals surface area contributed by atoms with Gasteiger partial charge >= 0.3 is 6.18 Å². The highest BCUT2D eigenvalue weighted by Crippen LogP contribution is 2.45. The number of anilines is 1. The van der Waals surface area contributed by atoms with Crippen LogP contribution in [-0.4, -0.2) is 47.3 Å². The van der Waals surface area contributed by atoms with E-state index in [-0.39, 0.29) is 22.8 Å². The molecule has 1 aliphatic carbocycles. The summed E-state index contributed by atoms with van der Waals surface area (Å²) in [7, 11) is 3.05. The van der Waals surface area contributed by atoms with Crippen molar-refractivity contribution in [1.29, 1.82) is 0 Å². The van der Waals surface area contributed by atoms with Gasteiger partial charge in [0.1, 0.15) is 22.3 Å². The van der Waals surface area contributed by atoms with Gasteiger partial charge in [0, 0.05) is 24.9 Å². The first-order valence-electron chi connectivity index (χ1n) is 12.6. The van der Waals surface area contributed by atoms with E-state index in [9.17, 15) is 18.0 Å². The average molecular weight is 617 g/mol. The van der Waals surface area contributed by atoms with Gasteiger partial charge in [0.25, 0.3) is 0 Å². The Morgan fingerprint density at radius 3 is 2.48 bits per heavy atom. The molecule has 40 heavy (non-hydrogen) atoms. The Kier molecular flexibility index (Phi) is 6.39. The van der Waals surface area contributed by atoms with E-state index in [1.807, 2.05) is 6.92 Å². The lowest BCUT2D eigenvalue weighted by molar-refractivity contribution is -0.141. The largest absolute Gasteiger partial charge is 0.480 e. The third-order valence-corrected chi connectivity index (χ3v) is 8.14. The van der Waals surface area contributed by atoms with Gasteiger partial charge in [-0.1, -0.05) is 24.3 Å². The zero-order valence-corrected chi connectivity index (χ0v) is 23.4. The van der Waals surface area contributed by atoms with Crippen molar-refractivity contribution >= 4 is 27.8 Å². The van der Waals surface area contributed by atoms with Gasteiger partial charge in [-0.15, -0.1) is 5.10 Å². The van der Waals surface area contributed by atoms with Gasteiger partial charge in [0.2, 0.25) is 17.7 Å². The fourth-order valence-corrected chi connectivity index (χ4v) is 5.46. The molecule has 208 valence electrons. The molecule has 0 saturated heterocycles. The van der Waals surface area contributed by atoms with Crippen molar-refractivity contribution in [2.24, 2.45) is 7.05 Å². The van der Waals surface area contributed by atoms with Gasteiger partial charge < -0.3 is 9.30 Å². The summed E-state index contributed by atoms with van der Waals surface area (Å²) in [5, 5.41) is 4.70. The quantitative estimate of drug-likeness (QED) is 0.289. The molecule has 0 unspecified atom stereocenters. The molecular weight excluding hydrogens is 593 g/mol. The topological polar surface area (TPSA) is 104 Å². The van der Waals surface area contributed by atoms with Crippen LogP contribution in [0.2, 0.25) is 0 Å². The van der Waals surface area contributed by atoms with Crippen LogP contribution in [0.1, 0.15) is 55.1 Å². The molecular formula is C26H24BrF3N8O2. The number of benzene rings is 1. The normalized spacial score (nSPS) is 16.3. The van der Waals surface area contributed by atoms with E-state index in [0.717, 1.165) is 24.1 Å². The van der Waals surface area contributed by atoms with Crippen LogP contribution in [0, 0.1) is 0 Å². The Balaban J connectivity index is 1.33. The first-order chi connectivity index (χ1) is 19.1. The molecule has 1 amide bonds. The second kappa shape index (κ2) is 9.68. The number of hydrogen-bond donors (Lipinski definition) is 0. The maximum absolute atomic E-state index is 13.3. The van der Waals surface area contributed by atoms with Crippen LogP contribution >= 0.6 is 15.9 Å². The predicted octanol–water partition coefficient (Wildman–Crippen LogP) is 5.30. The van der Waals surface area contributed by atoms with Gasteiger partial charge in [0.05, 0.1) is 25.4 Å². The third kappa shape index (κ3) is 4.43. The molecule has 10 nitrogen and oxygen atoms in total. The molecule has 4 heterocycles. The van der Waals surface area contributed by atoms with Crippen LogP contribution in [0.3, 0.4) is 0 Å². The number of aryl methyl sites for hydroxylation is 1. The van der Waals surface area contributed by atoms with E-state index in [4.69, 9.17) is 14.8 Å². The third-order valence-electron chi connectivity index (χ3n) is 7.23. The van der Waals surface area contributed by atoms with Gasteiger partial charge in [-0.25, -0.2) is 19.6 Å². The first-order valence-corrected chi connectivity index (χ1v) is 13.4. The summed E-state index contributed by atoms with van der Waals surface area (Å²) < 4.78 is 48.4. The van der Waals surface area contributed by atoms with E-state index < -0.39 is 17.9 Å². The Morgan fingerprint density at radius 2 is 1.85 bits per heavy atom.